The Morgan fingerprint density at radius 1 is 1.10 bits per heavy atom. The van der Waals surface area contributed by atoms with Gasteiger partial charge in [0.25, 0.3) is 0 Å². The van der Waals surface area contributed by atoms with Gasteiger partial charge >= 0.3 is 12.1 Å². The largest absolute Gasteiger partial charge is 0.489 e. The fraction of sp³-hybridized carbons (Fsp3) is 0.444. The molecule has 2 aliphatic rings. The van der Waals surface area contributed by atoms with Crippen LogP contribution in [-0.4, -0.2) is 96.0 Å². The number of aliphatic carboxylic acids is 1. The van der Waals surface area contributed by atoms with Crippen molar-refractivity contribution in [1.82, 2.24) is 15.1 Å². The molecule has 40 heavy (non-hydrogen) atoms. The second kappa shape index (κ2) is 14.8. The molecule has 2 unspecified atom stereocenters. The Labute approximate surface area is 246 Å². The molecule has 0 saturated carbocycles. The molecule has 4 rings (SSSR count). The summed E-state index contributed by atoms with van der Waals surface area (Å²) in [6.45, 7) is 3.85. The van der Waals surface area contributed by atoms with Crippen LogP contribution in [0, 0.1) is 0 Å². The number of carboxylic acid groups (broad SMARTS) is 1. The van der Waals surface area contributed by atoms with Crippen LogP contribution >= 0.6 is 35.0 Å². The highest BCUT2D eigenvalue weighted by atomic mass is 35.5. The predicted molar refractivity (Wildman–Crippen MR) is 152 cm³/mol. The highest BCUT2D eigenvalue weighted by Crippen LogP contribution is 2.26. The number of benzene rings is 2. The molecule has 2 heterocycles. The van der Waals surface area contributed by atoms with Gasteiger partial charge in [0.2, 0.25) is 5.91 Å². The van der Waals surface area contributed by atoms with E-state index in [1.807, 2.05) is 0 Å². The zero-order chi connectivity index (χ0) is 28.5. The van der Waals surface area contributed by atoms with Gasteiger partial charge in [-0.25, -0.2) is 9.59 Å². The number of halogens is 2. The molecular weight excluding hydrogens is 581 g/mol. The van der Waals surface area contributed by atoms with E-state index in [-0.39, 0.29) is 19.6 Å². The van der Waals surface area contributed by atoms with Gasteiger partial charge in [0.15, 0.2) is 0 Å². The van der Waals surface area contributed by atoms with E-state index in [0.29, 0.717) is 58.3 Å². The van der Waals surface area contributed by atoms with E-state index < -0.39 is 30.1 Å². The van der Waals surface area contributed by atoms with Crippen LogP contribution in [0.25, 0.3) is 0 Å². The van der Waals surface area contributed by atoms with Gasteiger partial charge in [-0.1, -0.05) is 41.4 Å². The van der Waals surface area contributed by atoms with Crippen molar-refractivity contribution in [2.75, 3.05) is 51.1 Å². The number of carbonyl (C=O) groups is 3. The number of thioether (sulfide) groups is 1. The SMILES string of the molecule is O=C(O)C(Cc1ccc(OCc2c(Cl)cccc2Cl)cc1)NC(=O)C1CSCN1C(=O)OCCN1CCOCC1. The first kappa shape index (κ1) is 30.3. The standard InChI is InChI=1S/C27H31Cl2N3O7S/c28-21-2-1-3-22(29)20(21)15-39-19-6-4-18(5-7-19)14-23(26(34)35)30-25(33)24-16-40-17-32(24)27(36)38-13-10-31-8-11-37-12-9-31/h1-7,23-24H,8-17H2,(H,30,33)(H,34,35). The van der Waals surface area contributed by atoms with E-state index in [0.717, 1.165) is 13.1 Å². The van der Waals surface area contributed by atoms with E-state index in [2.05, 4.69) is 10.2 Å². The molecule has 216 valence electrons. The average Bonchev–Trinajstić information content (AvgIpc) is 3.44. The molecule has 0 aliphatic carbocycles. The number of nitrogens with zero attached hydrogens (tertiary/aromatic N) is 2. The lowest BCUT2D eigenvalue weighted by atomic mass is 10.1. The summed E-state index contributed by atoms with van der Waals surface area (Å²) in [6, 6.07) is 10.1. The smallest absolute Gasteiger partial charge is 0.411 e. The molecule has 2 aromatic carbocycles. The number of carboxylic acids is 1. The molecule has 2 aliphatic heterocycles. The third kappa shape index (κ3) is 8.40. The number of morpholine rings is 1. The van der Waals surface area contributed by atoms with Gasteiger partial charge < -0.3 is 24.6 Å². The van der Waals surface area contributed by atoms with Crippen molar-refractivity contribution in [3.05, 3.63) is 63.6 Å². The van der Waals surface area contributed by atoms with Crippen LogP contribution in [0.3, 0.4) is 0 Å². The lowest BCUT2D eigenvalue weighted by Gasteiger charge is -2.27. The summed E-state index contributed by atoms with van der Waals surface area (Å²) in [5, 5.41) is 13.4. The molecule has 2 saturated heterocycles. The number of hydrogen-bond donors (Lipinski definition) is 2. The summed E-state index contributed by atoms with van der Waals surface area (Å²) in [4.78, 5) is 41.1. The molecular formula is C27H31Cl2N3O7S. The van der Waals surface area contributed by atoms with Crippen LogP contribution in [-0.2, 0) is 32.1 Å². The van der Waals surface area contributed by atoms with Crippen molar-refractivity contribution in [3.8, 4) is 5.75 Å². The highest BCUT2D eigenvalue weighted by molar-refractivity contribution is 7.99. The highest BCUT2D eigenvalue weighted by Gasteiger charge is 2.37. The van der Waals surface area contributed by atoms with E-state index in [9.17, 15) is 19.5 Å². The Balaban J connectivity index is 1.27. The summed E-state index contributed by atoms with van der Waals surface area (Å²) in [6.07, 6.45) is -0.527. The minimum absolute atomic E-state index is 0.0571. The van der Waals surface area contributed by atoms with Crippen molar-refractivity contribution >= 4 is 52.9 Å². The fourth-order valence-corrected chi connectivity index (χ4v) is 5.91. The zero-order valence-corrected chi connectivity index (χ0v) is 24.1. The Kier molecular flexibility index (Phi) is 11.2. The van der Waals surface area contributed by atoms with Gasteiger partial charge in [-0.2, -0.15) is 0 Å². The van der Waals surface area contributed by atoms with Crippen molar-refractivity contribution in [2.45, 2.75) is 25.1 Å². The number of rotatable bonds is 11. The van der Waals surface area contributed by atoms with Crippen LogP contribution in [0.4, 0.5) is 4.79 Å². The summed E-state index contributed by atoms with van der Waals surface area (Å²) in [5.74, 6) is -0.487. The van der Waals surface area contributed by atoms with Gasteiger partial charge in [0.1, 0.15) is 31.0 Å². The van der Waals surface area contributed by atoms with Gasteiger partial charge in [0, 0.05) is 47.4 Å². The first-order valence-corrected chi connectivity index (χ1v) is 14.7. The van der Waals surface area contributed by atoms with E-state index in [1.54, 1.807) is 42.5 Å². The van der Waals surface area contributed by atoms with Crippen molar-refractivity contribution in [3.63, 3.8) is 0 Å². The number of carbonyl (C=O) groups excluding carboxylic acids is 2. The fourth-order valence-electron chi connectivity index (χ4n) is 4.26. The summed E-state index contributed by atoms with van der Waals surface area (Å²) in [5.41, 5.74) is 1.36. The van der Waals surface area contributed by atoms with Crippen LogP contribution in [0.1, 0.15) is 11.1 Å². The first-order chi connectivity index (χ1) is 19.3. The van der Waals surface area contributed by atoms with Crippen LogP contribution in [0.5, 0.6) is 5.75 Å². The molecule has 2 aromatic rings. The molecule has 2 fully saturated rings. The van der Waals surface area contributed by atoms with E-state index in [1.165, 1.54) is 16.7 Å². The lowest BCUT2D eigenvalue weighted by Crippen LogP contribution is -2.52. The van der Waals surface area contributed by atoms with Crippen molar-refractivity contribution < 1.29 is 33.7 Å². The molecule has 0 radical (unpaired) electrons. The Hall–Kier alpha value is -2.70. The average molecular weight is 613 g/mol. The quantitative estimate of drug-likeness (QED) is 0.393. The normalized spacial score (nSPS) is 18.2. The van der Waals surface area contributed by atoms with Crippen LogP contribution in [0.2, 0.25) is 10.0 Å². The molecule has 0 bridgehead atoms. The van der Waals surface area contributed by atoms with Gasteiger partial charge in [-0.15, -0.1) is 11.8 Å². The molecule has 2 atom stereocenters. The molecule has 0 aromatic heterocycles. The van der Waals surface area contributed by atoms with E-state index in [4.69, 9.17) is 37.4 Å². The number of nitrogens with one attached hydrogen (secondary N) is 1. The monoisotopic (exact) mass is 611 g/mol. The van der Waals surface area contributed by atoms with Gasteiger partial charge in [-0.05, 0) is 29.8 Å². The van der Waals surface area contributed by atoms with Crippen LogP contribution in [0.15, 0.2) is 42.5 Å². The third-order valence-electron chi connectivity index (χ3n) is 6.58. The molecule has 0 spiro atoms. The Bertz CT molecular complexity index is 1160. The topological polar surface area (TPSA) is 118 Å². The van der Waals surface area contributed by atoms with Crippen molar-refractivity contribution in [2.24, 2.45) is 0 Å². The second-order valence-corrected chi connectivity index (χ2v) is 11.1. The molecule has 2 amide bonds. The van der Waals surface area contributed by atoms with Crippen LogP contribution < -0.4 is 10.1 Å². The van der Waals surface area contributed by atoms with E-state index >= 15 is 0 Å². The van der Waals surface area contributed by atoms with Crippen molar-refractivity contribution in [1.29, 1.82) is 0 Å². The maximum absolute atomic E-state index is 13.0. The minimum Gasteiger partial charge on any atom is -0.489 e. The second-order valence-electron chi connectivity index (χ2n) is 9.29. The maximum atomic E-state index is 13.0. The summed E-state index contributed by atoms with van der Waals surface area (Å²) < 4.78 is 16.5. The number of ether oxygens (including phenoxy) is 3. The van der Waals surface area contributed by atoms with Gasteiger partial charge in [-0.3, -0.25) is 14.6 Å². The maximum Gasteiger partial charge on any atom is 0.411 e. The zero-order valence-electron chi connectivity index (χ0n) is 21.7. The number of amides is 2. The minimum atomic E-state index is -1.18. The molecule has 2 N–H and O–H groups in total. The first-order valence-electron chi connectivity index (χ1n) is 12.8. The Morgan fingerprint density at radius 2 is 1.80 bits per heavy atom. The predicted octanol–water partition coefficient (Wildman–Crippen LogP) is 3.53. The Morgan fingerprint density at radius 3 is 2.48 bits per heavy atom. The third-order valence-corrected chi connectivity index (χ3v) is 8.30. The lowest BCUT2D eigenvalue weighted by molar-refractivity contribution is -0.142. The summed E-state index contributed by atoms with van der Waals surface area (Å²) in [7, 11) is 0. The molecule has 10 nitrogen and oxygen atoms in total. The number of hydrogen-bond acceptors (Lipinski definition) is 8. The molecule has 13 heteroatoms. The van der Waals surface area contributed by atoms with Gasteiger partial charge in [0.05, 0.1) is 19.1 Å². The summed E-state index contributed by atoms with van der Waals surface area (Å²) >= 11 is 13.8.